The second-order valence-corrected chi connectivity index (χ2v) is 11.5. The van der Waals surface area contributed by atoms with E-state index in [1.54, 1.807) is 42.5 Å². The van der Waals surface area contributed by atoms with Crippen LogP contribution in [0.2, 0.25) is 15.1 Å². The van der Waals surface area contributed by atoms with Crippen LogP contribution in [0, 0.1) is 6.92 Å². The van der Waals surface area contributed by atoms with E-state index in [2.05, 4.69) is 10.5 Å². The zero-order valence-electron chi connectivity index (χ0n) is 20.1. The zero-order valence-corrected chi connectivity index (χ0v) is 23.2. The molecule has 38 heavy (non-hydrogen) atoms. The van der Waals surface area contributed by atoms with Crippen LogP contribution in [-0.4, -0.2) is 24.8 Å². The van der Waals surface area contributed by atoms with E-state index in [0.717, 1.165) is 5.56 Å². The second-order valence-electron chi connectivity index (χ2n) is 8.29. The van der Waals surface area contributed by atoms with E-state index in [4.69, 9.17) is 39.2 Å². The lowest BCUT2D eigenvalue weighted by Gasteiger charge is -2.22. The van der Waals surface area contributed by atoms with Crippen molar-refractivity contribution in [2.24, 2.45) is 5.10 Å². The van der Waals surface area contributed by atoms with E-state index in [1.807, 2.05) is 19.1 Å². The number of hydrogen-bond acceptors (Lipinski definition) is 5. The number of aryl methyl sites for hydroxylation is 1. The van der Waals surface area contributed by atoms with Crippen molar-refractivity contribution in [1.82, 2.24) is 9.73 Å². The van der Waals surface area contributed by atoms with Gasteiger partial charge in [0.05, 0.1) is 27.7 Å². The van der Waals surface area contributed by atoms with Crippen molar-refractivity contribution in [1.29, 1.82) is 0 Å². The zero-order chi connectivity index (χ0) is 27.3. The SMILES string of the molecule is Cc1ccccc1C(=O)N/N=C\c1ccc(CN(Cc2ccc(Cl)c(Cl)c2)S(=O)(=O)c2ccc(Cl)cc2)o1. The predicted octanol–water partition coefficient (Wildman–Crippen LogP) is 6.70. The monoisotopic (exact) mass is 589 g/mol. The fraction of sp³-hybridized carbons (Fsp3) is 0.111. The molecule has 1 N–H and O–H groups in total. The van der Waals surface area contributed by atoms with E-state index in [0.29, 0.717) is 37.7 Å². The summed E-state index contributed by atoms with van der Waals surface area (Å²) in [5.41, 5.74) is 4.44. The maximum Gasteiger partial charge on any atom is 0.271 e. The molecule has 0 atom stereocenters. The largest absolute Gasteiger partial charge is 0.459 e. The number of hydrogen-bond donors (Lipinski definition) is 1. The fourth-order valence-electron chi connectivity index (χ4n) is 3.59. The first-order valence-electron chi connectivity index (χ1n) is 11.3. The molecule has 0 aliphatic rings. The van der Waals surface area contributed by atoms with Crippen LogP contribution in [0.1, 0.15) is 33.0 Å². The number of carbonyl (C=O) groups is 1. The fourth-order valence-corrected chi connectivity index (χ4v) is 5.43. The Morgan fingerprint density at radius 1 is 0.947 bits per heavy atom. The Bertz CT molecular complexity index is 1590. The van der Waals surface area contributed by atoms with Crippen LogP contribution >= 0.6 is 34.8 Å². The molecule has 0 unspecified atom stereocenters. The first-order chi connectivity index (χ1) is 18.1. The van der Waals surface area contributed by atoms with E-state index in [1.165, 1.54) is 34.8 Å². The Labute approximate surface area is 235 Å². The summed E-state index contributed by atoms with van der Waals surface area (Å²) < 4.78 is 34.1. The van der Waals surface area contributed by atoms with Crippen molar-refractivity contribution in [2.45, 2.75) is 24.9 Å². The molecule has 0 radical (unpaired) electrons. The first-order valence-corrected chi connectivity index (χ1v) is 13.9. The van der Waals surface area contributed by atoms with Crippen molar-refractivity contribution in [3.8, 4) is 0 Å². The highest BCUT2D eigenvalue weighted by molar-refractivity contribution is 7.89. The highest BCUT2D eigenvalue weighted by atomic mass is 35.5. The van der Waals surface area contributed by atoms with Gasteiger partial charge < -0.3 is 4.42 Å². The Morgan fingerprint density at radius 2 is 1.68 bits per heavy atom. The molecule has 7 nitrogen and oxygen atoms in total. The minimum absolute atomic E-state index is 0.0124. The van der Waals surface area contributed by atoms with Crippen molar-refractivity contribution >= 4 is 56.9 Å². The van der Waals surface area contributed by atoms with Crippen LogP contribution < -0.4 is 5.43 Å². The molecule has 1 amide bonds. The summed E-state index contributed by atoms with van der Waals surface area (Å²) in [6.45, 7) is 1.77. The summed E-state index contributed by atoms with van der Waals surface area (Å²) in [5.74, 6) is 0.353. The van der Waals surface area contributed by atoms with Gasteiger partial charge in [0.1, 0.15) is 11.5 Å². The van der Waals surface area contributed by atoms with E-state index < -0.39 is 10.0 Å². The highest BCUT2D eigenvalue weighted by Gasteiger charge is 2.26. The quantitative estimate of drug-likeness (QED) is 0.173. The summed E-state index contributed by atoms with van der Waals surface area (Å²) in [4.78, 5) is 12.4. The minimum atomic E-state index is -3.94. The van der Waals surface area contributed by atoms with Gasteiger partial charge in [-0.1, -0.05) is 59.1 Å². The number of halogens is 3. The highest BCUT2D eigenvalue weighted by Crippen LogP contribution is 2.27. The standard InChI is InChI=1S/C27H22Cl3N3O4S/c1-18-4-2-3-5-24(18)27(34)32-31-15-21-9-10-22(37-21)17-33(16-19-6-13-25(29)26(30)14-19)38(35,36)23-11-7-20(28)8-12-23/h2-15H,16-17H2,1H3,(H,32,34)/b31-15-. The second kappa shape index (κ2) is 12.1. The predicted molar refractivity (Wildman–Crippen MR) is 149 cm³/mol. The van der Waals surface area contributed by atoms with Gasteiger partial charge in [0, 0.05) is 17.1 Å². The van der Waals surface area contributed by atoms with Crippen LogP contribution in [0.5, 0.6) is 0 Å². The Balaban J connectivity index is 1.53. The summed E-state index contributed by atoms with van der Waals surface area (Å²) in [6.07, 6.45) is 1.34. The average molecular weight is 591 g/mol. The van der Waals surface area contributed by atoms with Crippen LogP contribution in [-0.2, 0) is 23.1 Å². The van der Waals surface area contributed by atoms with E-state index in [-0.39, 0.29) is 23.9 Å². The Kier molecular flexibility index (Phi) is 8.91. The smallest absolute Gasteiger partial charge is 0.271 e. The lowest BCUT2D eigenvalue weighted by Crippen LogP contribution is -2.30. The van der Waals surface area contributed by atoms with Gasteiger partial charge >= 0.3 is 0 Å². The third-order valence-electron chi connectivity index (χ3n) is 5.56. The molecule has 3 aromatic carbocycles. The number of rotatable bonds is 9. The topological polar surface area (TPSA) is 92.0 Å². The maximum absolute atomic E-state index is 13.5. The molecule has 4 rings (SSSR count). The van der Waals surface area contributed by atoms with Gasteiger partial charge in [-0.25, -0.2) is 13.8 Å². The molecule has 0 aliphatic carbocycles. The van der Waals surface area contributed by atoms with Gasteiger partial charge in [0.2, 0.25) is 10.0 Å². The molecule has 4 aromatic rings. The first kappa shape index (κ1) is 27.9. The third-order valence-corrected chi connectivity index (χ3v) is 8.35. The molecular weight excluding hydrogens is 569 g/mol. The molecule has 196 valence electrons. The third kappa shape index (κ3) is 6.83. The number of amides is 1. The molecule has 0 spiro atoms. The van der Waals surface area contributed by atoms with Gasteiger partial charge in [-0.05, 0) is 72.6 Å². The van der Waals surface area contributed by atoms with Crippen LogP contribution in [0.25, 0.3) is 0 Å². The summed E-state index contributed by atoms with van der Waals surface area (Å²) >= 11 is 18.1. The molecule has 1 heterocycles. The molecular formula is C27H22Cl3N3O4S. The van der Waals surface area contributed by atoms with Crippen LogP contribution in [0.4, 0.5) is 0 Å². The number of sulfonamides is 1. The Hall–Kier alpha value is -3.14. The molecule has 1 aromatic heterocycles. The summed E-state index contributed by atoms with van der Waals surface area (Å²) in [6, 6.07) is 21.3. The van der Waals surface area contributed by atoms with Gasteiger partial charge in [-0.3, -0.25) is 4.79 Å². The minimum Gasteiger partial charge on any atom is -0.459 e. The number of nitrogens with zero attached hydrogens (tertiary/aromatic N) is 2. The molecule has 0 saturated heterocycles. The number of nitrogens with one attached hydrogen (secondary N) is 1. The van der Waals surface area contributed by atoms with Crippen molar-refractivity contribution in [3.05, 3.63) is 122 Å². The van der Waals surface area contributed by atoms with Gasteiger partial charge in [-0.2, -0.15) is 9.41 Å². The lowest BCUT2D eigenvalue weighted by atomic mass is 10.1. The summed E-state index contributed by atoms with van der Waals surface area (Å²) in [7, 11) is -3.94. The van der Waals surface area contributed by atoms with Crippen LogP contribution in [0.15, 0.2) is 93.3 Å². The number of hydrazone groups is 1. The summed E-state index contributed by atoms with van der Waals surface area (Å²) in [5, 5.41) is 5.06. The van der Waals surface area contributed by atoms with E-state index >= 15 is 0 Å². The number of benzene rings is 3. The van der Waals surface area contributed by atoms with Crippen molar-refractivity contribution in [2.75, 3.05) is 0 Å². The molecule has 0 saturated carbocycles. The molecule has 0 aliphatic heterocycles. The van der Waals surface area contributed by atoms with E-state index in [9.17, 15) is 13.2 Å². The molecule has 0 bridgehead atoms. The van der Waals surface area contributed by atoms with Crippen LogP contribution in [0.3, 0.4) is 0 Å². The number of carbonyl (C=O) groups excluding carboxylic acids is 1. The van der Waals surface area contributed by atoms with Crippen molar-refractivity contribution in [3.63, 3.8) is 0 Å². The number of furan rings is 1. The lowest BCUT2D eigenvalue weighted by molar-refractivity contribution is 0.0954. The van der Waals surface area contributed by atoms with Gasteiger partial charge in [0.15, 0.2) is 0 Å². The molecule has 11 heteroatoms. The average Bonchev–Trinajstić information content (AvgIpc) is 3.33. The van der Waals surface area contributed by atoms with Crippen molar-refractivity contribution < 1.29 is 17.6 Å². The molecule has 0 fully saturated rings. The van der Waals surface area contributed by atoms with Gasteiger partial charge in [0.25, 0.3) is 5.91 Å². The maximum atomic E-state index is 13.5. The van der Waals surface area contributed by atoms with Gasteiger partial charge in [-0.15, -0.1) is 0 Å². The normalized spacial score (nSPS) is 11.8. The Morgan fingerprint density at radius 3 is 2.39 bits per heavy atom.